The van der Waals surface area contributed by atoms with Gasteiger partial charge in [0.05, 0.1) is 0 Å². The number of aryl methyl sites for hydroxylation is 1. The molecule has 1 aliphatic rings. The van der Waals surface area contributed by atoms with Crippen LogP contribution < -0.4 is 0 Å². The fourth-order valence-electron chi connectivity index (χ4n) is 4.27. The highest BCUT2D eigenvalue weighted by Gasteiger charge is 2.33. The first-order chi connectivity index (χ1) is 9.73. The summed E-state index contributed by atoms with van der Waals surface area (Å²) in [6.45, 7) is 6.94. The van der Waals surface area contributed by atoms with Gasteiger partial charge in [-0.15, -0.1) is 0 Å². The van der Waals surface area contributed by atoms with Crippen molar-refractivity contribution < 1.29 is 0 Å². The van der Waals surface area contributed by atoms with Crippen LogP contribution in [0.15, 0.2) is 24.3 Å². The van der Waals surface area contributed by atoms with Crippen LogP contribution in [-0.2, 0) is 6.42 Å². The maximum atomic E-state index is 2.39. The molecule has 2 rings (SSSR count). The fraction of sp³-hybridized carbons (Fsp3) is 0.700. The van der Waals surface area contributed by atoms with Gasteiger partial charge in [-0.25, -0.2) is 0 Å². The highest BCUT2D eigenvalue weighted by atomic mass is 14.4. The Kier molecular flexibility index (Phi) is 5.69. The molecular formula is C20H32. The lowest BCUT2D eigenvalue weighted by atomic mass is 9.65. The lowest BCUT2D eigenvalue weighted by Crippen LogP contribution is -2.26. The van der Waals surface area contributed by atoms with E-state index in [9.17, 15) is 0 Å². The SMILES string of the molecule is CCCC1(CCC)CCC(c2ccc(CC)cc2)CC1. The molecule has 0 saturated heterocycles. The second-order valence-electron chi connectivity index (χ2n) is 6.87. The van der Waals surface area contributed by atoms with E-state index in [4.69, 9.17) is 0 Å². The molecule has 0 spiro atoms. The summed E-state index contributed by atoms with van der Waals surface area (Å²) in [5.41, 5.74) is 3.74. The Bertz CT molecular complexity index is 371. The molecule has 1 fully saturated rings. The largest absolute Gasteiger partial charge is 0.0654 e. The van der Waals surface area contributed by atoms with Gasteiger partial charge in [0.15, 0.2) is 0 Å². The van der Waals surface area contributed by atoms with E-state index in [-0.39, 0.29) is 0 Å². The molecule has 1 aromatic carbocycles. The van der Waals surface area contributed by atoms with Gasteiger partial charge in [0.1, 0.15) is 0 Å². The highest BCUT2D eigenvalue weighted by molar-refractivity contribution is 5.25. The van der Waals surface area contributed by atoms with Crippen LogP contribution in [0.3, 0.4) is 0 Å². The van der Waals surface area contributed by atoms with Crippen molar-refractivity contribution in [3.05, 3.63) is 35.4 Å². The number of hydrogen-bond acceptors (Lipinski definition) is 0. The zero-order chi connectivity index (χ0) is 14.4. The minimum absolute atomic E-state index is 0.684. The number of rotatable bonds is 6. The van der Waals surface area contributed by atoms with Gasteiger partial charge in [0, 0.05) is 0 Å². The number of hydrogen-bond donors (Lipinski definition) is 0. The average molecular weight is 272 g/mol. The lowest BCUT2D eigenvalue weighted by Gasteiger charge is -2.40. The third-order valence-electron chi connectivity index (χ3n) is 5.47. The summed E-state index contributed by atoms with van der Waals surface area (Å²) in [7, 11) is 0. The maximum absolute atomic E-state index is 2.39. The molecule has 0 aromatic heterocycles. The van der Waals surface area contributed by atoms with Crippen molar-refractivity contribution >= 4 is 0 Å². The monoisotopic (exact) mass is 272 g/mol. The minimum Gasteiger partial charge on any atom is -0.0654 e. The zero-order valence-corrected chi connectivity index (χ0v) is 13.8. The standard InChI is InChI=1S/C20H32/c1-4-13-20(14-5-2)15-11-19(12-16-20)18-9-7-17(6-3)8-10-18/h7-10,19H,4-6,11-16H2,1-3H3. The summed E-state index contributed by atoms with van der Waals surface area (Å²) >= 11 is 0. The van der Waals surface area contributed by atoms with Crippen molar-refractivity contribution in [1.29, 1.82) is 0 Å². The third kappa shape index (κ3) is 3.65. The van der Waals surface area contributed by atoms with Crippen molar-refractivity contribution in [3.8, 4) is 0 Å². The predicted octanol–water partition coefficient (Wildman–Crippen LogP) is 6.49. The summed E-state index contributed by atoms with van der Waals surface area (Å²) in [6.07, 6.45) is 12.5. The summed E-state index contributed by atoms with van der Waals surface area (Å²) in [4.78, 5) is 0. The Morgan fingerprint density at radius 1 is 0.900 bits per heavy atom. The van der Waals surface area contributed by atoms with Gasteiger partial charge in [-0.05, 0) is 67.4 Å². The summed E-state index contributed by atoms with van der Waals surface area (Å²) in [5, 5.41) is 0. The van der Waals surface area contributed by atoms with E-state index >= 15 is 0 Å². The molecule has 0 amide bonds. The van der Waals surface area contributed by atoms with E-state index < -0.39 is 0 Å². The van der Waals surface area contributed by atoms with E-state index in [0.717, 1.165) is 12.3 Å². The smallest absolute Gasteiger partial charge is 0.0162 e. The Labute approximate surface area is 126 Å². The van der Waals surface area contributed by atoms with Gasteiger partial charge in [0.2, 0.25) is 0 Å². The second-order valence-corrected chi connectivity index (χ2v) is 6.87. The van der Waals surface area contributed by atoms with Gasteiger partial charge in [0.25, 0.3) is 0 Å². The average Bonchev–Trinajstić information content (AvgIpc) is 2.49. The molecule has 0 aliphatic heterocycles. The minimum atomic E-state index is 0.684. The van der Waals surface area contributed by atoms with Crippen LogP contribution >= 0.6 is 0 Å². The molecule has 0 N–H and O–H groups in total. The number of benzene rings is 1. The van der Waals surface area contributed by atoms with Crippen LogP contribution in [-0.4, -0.2) is 0 Å². The molecule has 0 nitrogen and oxygen atoms in total. The highest BCUT2D eigenvalue weighted by Crippen LogP contribution is 2.48. The van der Waals surface area contributed by atoms with Crippen molar-refractivity contribution in [3.63, 3.8) is 0 Å². The second kappa shape index (κ2) is 7.29. The summed E-state index contributed by atoms with van der Waals surface area (Å²) in [6, 6.07) is 9.43. The molecular weight excluding hydrogens is 240 g/mol. The molecule has 0 bridgehead atoms. The molecule has 0 atom stereocenters. The van der Waals surface area contributed by atoms with Crippen LogP contribution in [0.2, 0.25) is 0 Å². The van der Waals surface area contributed by atoms with Crippen molar-refractivity contribution in [2.45, 2.75) is 84.5 Å². The van der Waals surface area contributed by atoms with E-state index in [2.05, 4.69) is 45.0 Å². The lowest BCUT2D eigenvalue weighted by molar-refractivity contribution is 0.142. The fourth-order valence-corrected chi connectivity index (χ4v) is 4.27. The van der Waals surface area contributed by atoms with Crippen molar-refractivity contribution in [2.75, 3.05) is 0 Å². The van der Waals surface area contributed by atoms with Crippen LogP contribution in [0.1, 0.15) is 89.2 Å². The van der Waals surface area contributed by atoms with Gasteiger partial charge >= 0.3 is 0 Å². The van der Waals surface area contributed by atoms with Gasteiger partial charge in [-0.2, -0.15) is 0 Å². The van der Waals surface area contributed by atoms with Crippen molar-refractivity contribution in [2.24, 2.45) is 5.41 Å². The molecule has 0 unspecified atom stereocenters. The molecule has 1 aromatic rings. The van der Waals surface area contributed by atoms with E-state index in [1.165, 1.54) is 56.9 Å². The normalized spacial score (nSPS) is 19.1. The Morgan fingerprint density at radius 3 is 1.90 bits per heavy atom. The van der Waals surface area contributed by atoms with Crippen molar-refractivity contribution in [1.82, 2.24) is 0 Å². The van der Waals surface area contributed by atoms with Crippen LogP contribution in [0.4, 0.5) is 0 Å². The maximum Gasteiger partial charge on any atom is -0.0162 e. The first kappa shape index (κ1) is 15.6. The van der Waals surface area contributed by atoms with E-state index in [0.29, 0.717) is 5.41 Å². The van der Waals surface area contributed by atoms with E-state index in [1.54, 1.807) is 5.56 Å². The molecule has 0 heteroatoms. The van der Waals surface area contributed by atoms with Gasteiger partial charge < -0.3 is 0 Å². The third-order valence-corrected chi connectivity index (χ3v) is 5.47. The molecule has 0 heterocycles. The van der Waals surface area contributed by atoms with Gasteiger partial charge in [-0.3, -0.25) is 0 Å². The van der Waals surface area contributed by atoms with Crippen LogP contribution in [0, 0.1) is 5.41 Å². The molecule has 0 radical (unpaired) electrons. The van der Waals surface area contributed by atoms with Crippen LogP contribution in [0.5, 0.6) is 0 Å². The zero-order valence-electron chi connectivity index (χ0n) is 13.8. The predicted molar refractivity (Wildman–Crippen MR) is 89.3 cm³/mol. The first-order valence-electron chi connectivity index (χ1n) is 8.82. The quantitative estimate of drug-likeness (QED) is 0.555. The Morgan fingerprint density at radius 2 is 1.45 bits per heavy atom. The van der Waals surface area contributed by atoms with E-state index in [1.807, 2.05) is 0 Å². The van der Waals surface area contributed by atoms with Crippen LogP contribution in [0.25, 0.3) is 0 Å². The molecule has 1 aliphatic carbocycles. The molecule has 20 heavy (non-hydrogen) atoms. The Balaban J connectivity index is 1.98. The Hall–Kier alpha value is -0.780. The first-order valence-corrected chi connectivity index (χ1v) is 8.82. The summed E-state index contributed by atoms with van der Waals surface area (Å²) in [5.74, 6) is 0.822. The topological polar surface area (TPSA) is 0 Å². The summed E-state index contributed by atoms with van der Waals surface area (Å²) < 4.78 is 0. The van der Waals surface area contributed by atoms with Gasteiger partial charge in [-0.1, -0.05) is 57.9 Å². The molecule has 112 valence electrons. The molecule has 1 saturated carbocycles.